The molecule has 0 unspecified atom stereocenters. The van der Waals surface area contributed by atoms with E-state index in [0.29, 0.717) is 5.69 Å². The van der Waals surface area contributed by atoms with E-state index in [-0.39, 0.29) is 0 Å². The number of hydrogen-bond acceptors (Lipinski definition) is 3. The molecule has 0 amide bonds. The fourth-order valence-corrected chi connectivity index (χ4v) is 0.432. The van der Waals surface area contributed by atoms with Gasteiger partial charge in [0.05, 0.1) is 6.20 Å². The standard InChI is InChI=1S/C6H5N3/c1-2-3-6-4-8-9-5-7-6/h4-5H,1H3. The van der Waals surface area contributed by atoms with Crippen molar-refractivity contribution >= 4 is 0 Å². The average Bonchev–Trinajstić information content (AvgIpc) is 1.91. The van der Waals surface area contributed by atoms with E-state index in [2.05, 4.69) is 27.0 Å². The lowest BCUT2D eigenvalue weighted by Crippen LogP contribution is -1.85. The number of hydrogen-bond donors (Lipinski definition) is 0. The Labute approximate surface area is 53.2 Å². The lowest BCUT2D eigenvalue weighted by atomic mass is 10.5. The predicted octanol–water partition coefficient (Wildman–Crippen LogP) is 0.243. The van der Waals surface area contributed by atoms with Gasteiger partial charge in [0, 0.05) is 0 Å². The normalized spacial score (nSPS) is 7.67. The molecule has 0 atom stereocenters. The van der Waals surface area contributed by atoms with Crippen LogP contribution in [0.15, 0.2) is 12.5 Å². The number of nitrogens with zero attached hydrogens (tertiary/aromatic N) is 3. The van der Waals surface area contributed by atoms with Crippen molar-refractivity contribution in [1.29, 1.82) is 0 Å². The van der Waals surface area contributed by atoms with Crippen molar-refractivity contribution in [3.05, 3.63) is 18.2 Å². The van der Waals surface area contributed by atoms with Gasteiger partial charge in [-0.3, -0.25) is 0 Å². The second-order valence-electron chi connectivity index (χ2n) is 1.36. The molecule has 0 saturated heterocycles. The molecule has 0 bridgehead atoms. The average molecular weight is 119 g/mol. The van der Waals surface area contributed by atoms with Gasteiger partial charge >= 0.3 is 0 Å². The summed E-state index contributed by atoms with van der Waals surface area (Å²) in [5.41, 5.74) is 0.660. The summed E-state index contributed by atoms with van der Waals surface area (Å²) in [6, 6.07) is 0. The van der Waals surface area contributed by atoms with Crippen LogP contribution in [0.2, 0.25) is 0 Å². The van der Waals surface area contributed by atoms with Crippen LogP contribution in [0.25, 0.3) is 0 Å². The minimum absolute atomic E-state index is 0.660. The first-order valence-corrected chi connectivity index (χ1v) is 2.49. The van der Waals surface area contributed by atoms with E-state index in [1.165, 1.54) is 12.5 Å². The molecule has 3 heteroatoms. The Morgan fingerprint density at radius 1 is 1.44 bits per heavy atom. The first-order valence-electron chi connectivity index (χ1n) is 2.49. The van der Waals surface area contributed by atoms with E-state index < -0.39 is 0 Å². The van der Waals surface area contributed by atoms with Crippen molar-refractivity contribution in [3.8, 4) is 11.8 Å². The fourth-order valence-electron chi connectivity index (χ4n) is 0.432. The van der Waals surface area contributed by atoms with Crippen molar-refractivity contribution in [2.45, 2.75) is 6.92 Å². The zero-order valence-electron chi connectivity index (χ0n) is 5.00. The molecule has 0 aromatic carbocycles. The van der Waals surface area contributed by atoms with E-state index in [9.17, 15) is 0 Å². The summed E-state index contributed by atoms with van der Waals surface area (Å²) in [6.07, 6.45) is 2.90. The van der Waals surface area contributed by atoms with Crippen molar-refractivity contribution in [1.82, 2.24) is 15.2 Å². The van der Waals surface area contributed by atoms with Gasteiger partial charge in [-0.1, -0.05) is 5.92 Å². The topological polar surface area (TPSA) is 38.7 Å². The third kappa shape index (κ3) is 1.50. The minimum Gasteiger partial charge on any atom is -0.224 e. The van der Waals surface area contributed by atoms with Gasteiger partial charge < -0.3 is 0 Å². The molecule has 0 saturated carbocycles. The maximum atomic E-state index is 3.82. The summed E-state index contributed by atoms with van der Waals surface area (Å²) in [5, 5.41) is 7.09. The molecule has 0 radical (unpaired) electrons. The van der Waals surface area contributed by atoms with E-state index in [4.69, 9.17) is 0 Å². The van der Waals surface area contributed by atoms with Crippen LogP contribution in [0.1, 0.15) is 12.6 Å². The molecule has 0 spiro atoms. The van der Waals surface area contributed by atoms with Crippen LogP contribution in [0.3, 0.4) is 0 Å². The highest BCUT2D eigenvalue weighted by Crippen LogP contribution is 1.81. The van der Waals surface area contributed by atoms with Gasteiger partial charge in [-0.05, 0) is 12.8 Å². The summed E-state index contributed by atoms with van der Waals surface area (Å²) in [7, 11) is 0. The maximum Gasteiger partial charge on any atom is 0.139 e. The first-order chi connectivity index (χ1) is 4.43. The Morgan fingerprint density at radius 3 is 2.89 bits per heavy atom. The predicted molar refractivity (Wildman–Crippen MR) is 32.4 cm³/mol. The van der Waals surface area contributed by atoms with Gasteiger partial charge in [0.2, 0.25) is 0 Å². The van der Waals surface area contributed by atoms with Gasteiger partial charge in [0.25, 0.3) is 0 Å². The molecular weight excluding hydrogens is 114 g/mol. The highest BCUT2D eigenvalue weighted by atomic mass is 15.1. The molecule has 0 N–H and O–H groups in total. The van der Waals surface area contributed by atoms with E-state index in [0.717, 1.165) is 0 Å². The zero-order valence-corrected chi connectivity index (χ0v) is 5.00. The Kier molecular flexibility index (Phi) is 1.76. The minimum atomic E-state index is 0.660. The van der Waals surface area contributed by atoms with Gasteiger partial charge in [0.1, 0.15) is 12.0 Å². The van der Waals surface area contributed by atoms with Crippen LogP contribution < -0.4 is 0 Å². The van der Waals surface area contributed by atoms with E-state index in [1.807, 2.05) is 0 Å². The van der Waals surface area contributed by atoms with Crippen molar-refractivity contribution < 1.29 is 0 Å². The zero-order chi connectivity index (χ0) is 6.53. The molecule has 1 aromatic rings. The number of rotatable bonds is 0. The Bertz CT molecular complexity index is 231. The molecule has 44 valence electrons. The quantitative estimate of drug-likeness (QED) is 0.459. The van der Waals surface area contributed by atoms with Gasteiger partial charge in [-0.25, -0.2) is 4.98 Å². The maximum absolute atomic E-state index is 3.82. The largest absolute Gasteiger partial charge is 0.224 e. The summed E-state index contributed by atoms with van der Waals surface area (Å²) in [6.45, 7) is 1.75. The monoisotopic (exact) mass is 119 g/mol. The van der Waals surface area contributed by atoms with Crippen molar-refractivity contribution in [2.24, 2.45) is 0 Å². The van der Waals surface area contributed by atoms with E-state index in [1.54, 1.807) is 6.92 Å². The van der Waals surface area contributed by atoms with Crippen LogP contribution in [0.4, 0.5) is 0 Å². The van der Waals surface area contributed by atoms with Crippen molar-refractivity contribution in [3.63, 3.8) is 0 Å². The Hall–Kier alpha value is -1.43. The molecule has 3 nitrogen and oxygen atoms in total. The molecule has 1 heterocycles. The SMILES string of the molecule is CC#Cc1cnncn1. The van der Waals surface area contributed by atoms with E-state index >= 15 is 0 Å². The second-order valence-corrected chi connectivity index (χ2v) is 1.36. The molecule has 1 rings (SSSR count). The lowest BCUT2D eigenvalue weighted by molar-refractivity contribution is 0.959. The third-order valence-corrected chi connectivity index (χ3v) is 0.748. The first kappa shape index (κ1) is 5.70. The molecule has 0 fully saturated rings. The summed E-state index contributed by atoms with van der Waals surface area (Å²) < 4.78 is 0. The molecule has 0 aliphatic carbocycles. The highest BCUT2D eigenvalue weighted by molar-refractivity contribution is 5.22. The van der Waals surface area contributed by atoms with Crippen LogP contribution in [-0.2, 0) is 0 Å². The van der Waals surface area contributed by atoms with Gasteiger partial charge in [-0.2, -0.15) is 5.10 Å². The lowest BCUT2D eigenvalue weighted by Gasteiger charge is -1.81. The molecule has 0 aliphatic rings. The second kappa shape index (κ2) is 2.78. The van der Waals surface area contributed by atoms with Gasteiger partial charge in [-0.15, -0.1) is 5.10 Å². The number of aromatic nitrogens is 3. The van der Waals surface area contributed by atoms with Crippen LogP contribution in [0.5, 0.6) is 0 Å². The summed E-state index contributed by atoms with van der Waals surface area (Å²) >= 11 is 0. The third-order valence-electron chi connectivity index (χ3n) is 0.748. The smallest absolute Gasteiger partial charge is 0.139 e. The van der Waals surface area contributed by atoms with Crippen LogP contribution in [0, 0.1) is 11.8 Å². The molecule has 0 aliphatic heterocycles. The van der Waals surface area contributed by atoms with Crippen LogP contribution in [-0.4, -0.2) is 15.2 Å². The highest BCUT2D eigenvalue weighted by Gasteiger charge is 1.81. The fraction of sp³-hybridized carbons (Fsp3) is 0.167. The Balaban J connectivity index is 2.94. The van der Waals surface area contributed by atoms with Gasteiger partial charge in [0.15, 0.2) is 0 Å². The van der Waals surface area contributed by atoms with Crippen LogP contribution >= 0.6 is 0 Å². The summed E-state index contributed by atoms with van der Waals surface area (Å²) in [5.74, 6) is 5.45. The molecular formula is C6H5N3. The van der Waals surface area contributed by atoms with Crippen molar-refractivity contribution in [2.75, 3.05) is 0 Å². The Morgan fingerprint density at radius 2 is 2.33 bits per heavy atom. The summed E-state index contributed by atoms with van der Waals surface area (Å²) in [4.78, 5) is 3.82. The molecule has 1 aromatic heterocycles. The molecule has 9 heavy (non-hydrogen) atoms.